The van der Waals surface area contributed by atoms with Gasteiger partial charge in [0.15, 0.2) is 0 Å². The number of hydrogen-bond donors (Lipinski definition) is 1. The highest BCUT2D eigenvalue weighted by Gasteiger charge is 2.30. The van der Waals surface area contributed by atoms with Crippen LogP contribution < -0.4 is 5.32 Å². The molecule has 0 spiro atoms. The van der Waals surface area contributed by atoms with E-state index in [9.17, 15) is 9.59 Å². The Morgan fingerprint density at radius 2 is 2.05 bits per heavy atom. The van der Waals surface area contributed by atoms with E-state index in [1.54, 1.807) is 4.90 Å². The van der Waals surface area contributed by atoms with Crippen LogP contribution in [0.15, 0.2) is 30.3 Å². The van der Waals surface area contributed by atoms with E-state index in [-0.39, 0.29) is 5.91 Å². The monoisotopic (exact) mass is 291 g/mol. The van der Waals surface area contributed by atoms with Crippen LogP contribution in [-0.2, 0) is 16.1 Å². The van der Waals surface area contributed by atoms with Crippen molar-refractivity contribution in [2.45, 2.75) is 12.6 Å². The summed E-state index contributed by atoms with van der Waals surface area (Å²) in [5.74, 6) is -0.0754. The Bertz CT molecular complexity index is 492. The molecule has 1 heterocycles. The first kappa shape index (κ1) is 15.3. The lowest BCUT2D eigenvalue weighted by atomic mass is 10.2. The number of benzene rings is 1. The SMILES string of the molecule is COC(=O)NC1CN(C)CCN(Cc2ccccc2)C1=O. The molecular formula is C15H21N3O3. The molecule has 1 fully saturated rings. The van der Waals surface area contributed by atoms with Crippen LogP contribution in [-0.4, -0.2) is 61.6 Å². The van der Waals surface area contributed by atoms with E-state index < -0.39 is 12.1 Å². The molecule has 0 aliphatic carbocycles. The number of likely N-dealkylation sites (N-methyl/N-ethyl adjacent to an activating group) is 1. The number of nitrogens with zero attached hydrogens (tertiary/aromatic N) is 2. The minimum Gasteiger partial charge on any atom is -0.453 e. The lowest BCUT2D eigenvalue weighted by Crippen LogP contribution is -2.50. The maximum atomic E-state index is 12.6. The molecule has 1 aliphatic rings. The Hall–Kier alpha value is -2.08. The maximum Gasteiger partial charge on any atom is 0.407 e. The molecule has 1 aromatic rings. The van der Waals surface area contributed by atoms with Gasteiger partial charge in [0, 0.05) is 26.2 Å². The smallest absolute Gasteiger partial charge is 0.407 e. The normalized spacial score (nSPS) is 20.0. The fraction of sp³-hybridized carbons (Fsp3) is 0.467. The summed E-state index contributed by atoms with van der Waals surface area (Å²) in [7, 11) is 3.23. The fourth-order valence-electron chi connectivity index (χ4n) is 2.37. The molecule has 2 amide bonds. The van der Waals surface area contributed by atoms with E-state index in [0.29, 0.717) is 19.6 Å². The van der Waals surface area contributed by atoms with Crippen molar-refractivity contribution in [1.29, 1.82) is 0 Å². The van der Waals surface area contributed by atoms with Crippen LogP contribution >= 0.6 is 0 Å². The molecule has 2 rings (SSSR count). The van der Waals surface area contributed by atoms with Crippen LogP contribution in [0.1, 0.15) is 5.56 Å². The van der Waals surface area contributed by atoms with Crippen LogP contribution in [0, 0.1) is 0 Å². The van der Waals surface area contributed by atoms with E-state index in [1.807, 2.05) is 42.3 Å². The van der Waals surface area contributed by atoms with E-state index in [2.05, 4.69) is 10.1 Å². The van der Waals surface area contributed by atoms with Crippen molar-refractivity contribution in [2.75, 3.05) is 33.8 Å². The summed E-state index contributed by atoms with van der Waals surface area (Å²) in [4.78, 5) is 27.8. The van der Waals surface area contributed by atoms with E-state index in [4.69, 9.17) is 0 Å². The number of methoxy groups -OCH3 is 1. The number of carbonyl (C=O) groups is 2. The molecule has 1 N–H and O–H groups in total. The molecule has 21 heavy (non-hydrogen) atoms. The van der Waals surface area contributed by atoms with Gasteiger partial charge >= 0.3 is 6.09 Å². The fourth-order valence-corrected chi connectivity index (χ4v) is 2.37. The molecular weight excluding hydrogens is 270 g/mol. The van der Waals surface area contributed by atoms with Gasteiger partial charge in [-0.15, -0.1) is 0 Å². The predicted molar refractivity (Wildman–Crippen MR) is 78.7 cm³/mol. The third-order valence-corrected chi connectivity index (χ3v) is 3.55. The zero-order valence-electron chi connectivity index (χ0n) is 12.4. The Kier molecular flexibility index (Phi) is 5.16. The summed E-state index contributed by atoms with van der Waals surface area (Å²) >= 11 is 0. The Morgan fingerprint density at radius 1 is 1.33 bits per heavy atom. The van der Waals surface area contributed by atoms with Gasteiger partial charge in [0.25, 0.3) is 0 Å². The number of hydrogen-bond acceptors (Lipinski definition) is 4. The average Bonchev–Trinajstić information content (AvgIpc) is 2.62. The second kappa shape index (κ2) is 7.08. The topological polar surface area (TPSA) is 61.9 Å². The van der Waals surface area contributed by atoms with Gasteiger partial charge in [0.05, 0.1) is 7.11 Å². The Labute approximate surface area is 124 Å². The van der Waals surface area contributed by atoms with Crippen molar-refractivity contribution >= 4 is 12.0 Å². The first-order valence-corrected chi connectivity index (χ1v) is 6.96. The summed E-state index contributed by atoms with van der Waals surface area (Å²) in [6, 6.07) is 9.26. The quantitative estimate of drug-likeness (QED) is 0.890. The van der Waals surface area contributed by atoms with E-state index >= 15 is 0 Å². The predicted octanol–water partition coefficient (Wildman–Crippen LogP) is 0.685. The van der Waals surface area contributed by atoms with Crippen LogP contribution in [0.25, 0.3) is 0 Å². The summed E-state index contributed by atoms with van der Waals surface area (Å²) in [6.45, 7) is 2.45. The molecule has 0 saturated carbocycles. The highest BCUT2D eigenvalue weighted by molar-refractivity contribution is 5.86. The van der Waals surface area contributed by atoms with Crippen LogP contribution in [0.4, 0.5) is 4.79 Å². The second-order valence-electron chi connectivity index (χ2n) is 5.20. The zero-order valence-corrected chi connectivity index (χ0v) is 12.4. The largest absolute Gasteiger partial charge is 0.453 e. The molecule has 0 radical (unpaired) electrons. The van der Waals surface area contributed by atoms with E-state index in [0.717, 1.165) is 12.1 Å². The van der Waals surface area contributed by atoms with Crippen molar-refractivity contribution in [3.05, 3.63) is 35.9 Å². The van der Waals surface area contributed by atoms with Gasteiger partial charge in [-0.2, -0.15) is 0 Å². The highest BCUT2D eigenvalue weighted by atomic mass is 16.5. The standard InChI is InChI=1S/C15H21N3O3/c1-17-8-9-18(10-12-6-4-3-5-7-12)14(19)13(11-17)16-15(20)21-2/h3-7,13H,8-11H2,1-2H3,(H,16,20). The van der Waals surface area contributed by atoms with Crippen molar-refractivity contribution < 1.29 is 14.3 Å². The molecule has 114 valence electrons. The molecule has 1 aromatic carbocycles. The zero-order chi connectivity index (χ0) is 15.2. The van der Waals surface area contributed by atoms with Crippen LogP contribution in [0.5, 0.6) is 0 Å². The third-order valence-electron chi connectivity index (χ3n) is 3.55. The second-order valence-corrected chi connectivity index (χ2v) is 5.20. The third kappa shape index (κ3) is 4.19. The Morgan fingerprint density at radius 3 is 2.71 bits per heavy atom. The first-order chi connectivity index (χ1) is 10.1. The summed E-state index contributed by atoms with van der Waals surface area (Å²) in [5, 5.41) is 2.61. The number of alkyl carbamates (subject to hydrolysis) is 1. The van der Waals surface area contributed by atoms with Gasteiger partial charge in [-0.1, -0.05) is 30.3 Å². The highest BCUT2D eigenvalue weighted by Crippen LogP contribution is 2.10. The number of amides is 2. The van der Waals surface area contributed by atoms with Crippen molar-refractivity contribution in [1.82, 2.24) is 15.1 Å². The van der Waals surface area contributed by atoms with Gasteiger partial charge in [0.1, 0.15) is 6.04 Å². The minimum absolute atomic E-state index is 0.0754. The van der Waals surface area contributed by atoms with Crippen LogP contribution in [0.2, 0.25) is 0 Å². The van der Waals surface area contributed by atoms with Gasteiger partial charge in [-0.3, -0.25) is 4.79 Å². The molecule has 0 bridgehead atoms. The lowest BCUT2D eigenvalue weighted by molar-refractivity contribution is -0.133. The summed E-state index contributed by atoms with van der Waals surface area (Å²) < 4.78 is 4.59. The molecule has 6 heteroatoms. The Balaban J connectivity index is 2.09. The van der Waals surface area contributed by atoms with Crippen molar-refractivity contribution in [3.63, 3.8) is 0 Å². The van der Waals surface area contributed by atoms with Gasteiger partial charge in [-0.05, 0) is 12.6 Å². The average molecular weight is 291 g/mol. The minimum atomic E-state index is -0.580. The molecule has 0 aromatic heterocycles. The first-order valence-electron chi connectivity index (χ1n) is 6.96. The van der Waals surface area contributed by atoms with Crippen molar-refractivity contribution in [3.8, 4) is 0 Å². The molecule has 6 nitrogen and oxygen atoms in total. The van der Waals surface area contributed by atoms with Gasteiger partial charge < -0.3 is 19.9 Å². The molecule has 1 unspecified atom stereocenters. The summed E-state index contributed by atoms with van der Waals surface area (Å²) in [6.07, 6.45) is -0.580. The lowest BCUT2D eigenvalue weighted by Gasteiger charge is -2.24. The van der Waals surface area contributed by atoms with E-state index in [1.165, 1.54) is 7.11 Å². The number of ether oxygens (including phenoxy) is 1. The number of rotatable bonds is 3. The van der Waals surface area contributed by atoms with Crippen molar-refractivity contribution in [2.24, 2.45) is 0 Å². The number of carbonyl (C=O) groups excluding carboxylic acids is 2. The molecule has 1 atom stereocenters. The maximum absolute atomic E-state index is 12.6. The summed E-state index contributed by atoms with van der Waals surface area (Å²) in [5.41, 5.74) is 1.08. The molecule has 1 aliphatic heterocycles. The number of nitrogens with one attached hydrogen (secondary N) is 1. The van der Waals surface area contributed by atoms with Crippen LogP contribution in [0.3, 0.4) is 0 Å². The van der Waals surface area contributed by atoms with Gasteiger partial charge in [0.2, 0.25) is 5.91 Å². The molecule has 1 saturated heterocycles. The van der Waals surface area contributed by atoms with Gasteiger partial charge in [-0.25, -0.2) is 4.79 Å².